The Hall–Kier alpha value is -0.670. The van der Waals surface area contributed by atoms with Crippen LogP contribution in [-0.2, 0) is 0 Å². The Labute approximate surface area is 74.1 Å². The molecule has 0 unspecified atom stereocenters. The van der Waals surface area contributed by atoms with Crippen molar-refractivity contribution in [1.29, 1.82) is 0 Å². The summed E-state index contributed by atoms with van der Waals surface area (Å²) >= 11 is 5.57. The number of rotatable bonds is 2. The number of halogens is 3. The van der Waals surface area contributed by atoms with Crippen molar-refractivity contribution in [2.75, 3.05) is 0 Å². The molecule has 0 aliphatic heterocycles. The summed E-state index contributed by atoms with van der Waals surface area (Å²) < 4.78 is 24.1. The van der Waals surface area contributed by atoms with E-state index in [1.165, 1.54) is 12.1 Å². The van der Waals surface area contributed by atoms with E-state index in [4.69, 9.17) is 17.3 Å². The largest absolute Gasteiger partial charge is 0.319 e. The molecule has 1 rings (SSSR count). The first-order valence-corrected chi connectivity index (χ1v) is 3.78. The first-order chi connectivity index (χ1) is 5.61. The summed E-state index contributed by atoms with van der Waals surface area (Å²) in [6, 6.07) is 4.86. The Bertz CT molecular complexity index is 248. The Morgan fingerprint density at radius 2 is 1.67 bits per heavy atom. The van der Waals surface area contributed by atoms with Gasteiger partial charge in [-0.2, -0.15) is 0 Å². The lowest BCUT2D eigenvalue weighted by Crippen LogP contribution is -2.18. The second-order valence-corrected chi connectivity index (χ2v) is 2.85. The molecule has 0 heterocycles. The SMILES string of the molecule is N[C@@H](c1ccc(Cl)cc1)C(F)F. The molecule has 0 fully saturated rings. The molecular formula is C8H8ClF2N. The van der Waals surface area contributed by atoms with Crippen LogP contribution in [0.3, 0.4) is 0 Å². The molecular weight excluding hydrogens is 184 g/mol. The molecule has 0 aromatic heterocycles. The van der Waals surface area contributed by atoms with Gasteiger partial charge in [-0.1, -0.05) is 23.7 Å². The number of alkyl halides is 2. The minimum absolute atomic E-state index is 0.398. The number of benzene rings is 1. The van der Waals surface area contributed by atoms with Gasteiger partial charge in [0.15, 0.2) is 0 Å². The van der Waals surface area contributed by atoms with Crippen molar-refractivity contribution in [2.24, 2.45) is 5.73 Å². The van der Waals surface area contributed by atoms with E-state index in [2.05, 4.69) is 0 Å². The minimum Gasteiger partial charge on any atom is -0.319 e. The fourth-order valence-electron chi connectivity index (χ4n) is 0.830. The highest BCUT2D eigenvalue weighted by Crippen LogP contribution is 2.19. The predicted octanol–water partition coefficient (Wildman–Crippen LogP) is 2.60. The summed E-state index contributed by atoms with van der Waals surface area (Å²) in [6.07, 6.45) is -2.54. The van der Waals surface area contributed by atoms with E-state index in [0.717, 1.165) is 0 Å². The molecule has 12 heavy (non-hydrogen) atoms. The molecule has 66 valence electrons. The number of hydrogen-bond acceptors (Lipinski definition) is 1. The molecule has 0 radical (unpaired) electrons. The minimum atomic E-state index is -2.54. The summed E-state index contributed by atoms with van der Waals surface area (Å²) in [7, 11) is 0. The van der Waals surface area contributed by atoms with Gasteiger partial charge in [0.1, 0.15) is 0 Å². The molecule has 1 aromatic rings. The fourth-order valence-corrected chi connectivity index (χ4v) is 0.956. The van der Waals surface area contributed by atoms with Crippen LogP contribution in [0.2, 0.25) is 5.02 Å². The molecule has 0 amide bonds. The van der Waals surface area contributed by atoms with Crippen molar-refractivity contribution < 1.29 is 8.78 Å². The van der Waals surface area contributed by atoms with Crippen molar-refractivity contribution in [1.82, 2.24) is 0 Å². The fraction of sp³-hybridized carbons (Fsp3) is 0.250. The van der Waals surface area contributed by atoms with Crippen LogP contribution >= 0.6 is 11.6 Å². The zero-order chi connectivity index (χ0) is 9.14. The molecule has 1 nitrogen and oxygen atoms in total. The Balaban J connectivity index is 2.82. The van der Waals surface area contributed by atoms with Gasteiger partial charge in [-0.15, -0.1) is 0 Å². The van der Waals surface area contributed by atoms with E-state index in [1.807, 2.05) is 0 Å². The number of hydrogen-bond donors (Lipinski definition) is 1. The highest BCUT2D eigenvalue weighted by molar-refractivity contribution is 6.30. The molecule has 1 aromatic carbocycles. The summed E-state index contributed by atoms with van der Waals surface area (Å²) in [5.74, 6) is 0. The van der Waals surface area contributed by atoms with Gasteiger partial charge >= 0.3 is 0 Å². The quantitative estimate of drug-likeness (QED) is 0.764. The third-order valence-electron chi connectivity index (χ3n) is 1.53. The van der Waals surface area contributed by atoms with Crippen LogP contribution in [0, 0.1) is 0 Å². The molecule has 0 bridgehead atoms. The monoisotopic (exact) mass is 191 g/mol. The molecule has 1 atom stereocenters. The van der Waals surface area contributed by atoms with Gasteiger partial charge in [0.05, 0.1) is 6.04 Å². The lowest BCUT2D eigenvalue weighted by molar-refractivity contribution is 0.116. The zero-order valence-electron chi connectivity index (χ0n) is 6.18. The smallest absolute Gasteiger partial charge is 0.257 e. The van der Waals surface area contributed by atoms with Crippen LogP contribution in [0.4, 0.5) is 8.78 Å². The van der Waals surface area contributed by atoms with E-state index in [9.17, 15) is 8.78 Å². The molecule has 0 saturated carbocycles. The highest BCUT2D eigenvalue weighted by atomic mass is 35.5. The average molecular weight is 192 g/mol. The van der Waals surface area contributed by atoms with Crippen LogP contribution in [0.1, 0.15) is 11.6 Å². The van der Waals surface area contributed by atoms with Crippen molar-refractivity contribution in [3.05, 3.63) is 34.9 Å². The van der Waals surface area contributed by atoms with Crippen LogP contribution in [-0.4, -0.2) is 6.43 Å². The molecule has 2 N–H and O–H groups in total. The predicted molar refractivity (Wildman–Crippen MR) is 44.4 cm³/mol. The van der Waals surface area contributed by atoms with Gasteiger partial charge in [-0.25, -0.2) is 8.78 Å². The van der Waals surface area contributed by atoms with E-state index in [-0.39, 0.29) is 0 Å². The first-order valence-electron chi connectivity index (χ1n) is 3.40. The van der Waals surface area contributed by atoms with E-state index < -0.39 is 12.5 Å². The van der Waals surface area contributed by atoms with Gasteiger partial charge < -0.3 is 5.73 Å². The van der Waals surface area contributed by atoms with Crippen molar-refractivity contribution >= 4 is 11.6 Å². The van der Waals surface area contributed by atoms with Crippen molar-refractivity contribution in [3.8, 4) is 0 Å². The first kappa shape index (κ1) is 9.42. The maximum atomic E-state index is 12.1. The van der Waals surface area contributed by atoms with Crippen LogP contribution in [0.5, 0.6) is 0 Å². The normalized spacial score (nSPS) is 13.4. The second-order valence-electron chi connectivity index (χ2n) is 2.41. The van der Waals surface area contributed by atoms with E-state index in [0.29, 0.717) is 10.6 Å². The maximum absolute atomic E-state index is 12.1. The lowest BCUT2D eigenvalue weighted by Gasteiger charge is -2.09. The average Bonchev–Trinajstić information content (AvgIpc) is 2.04. The van der Waals surface area contributed by atoms with Crippen LogP contribution in [0.15, 0.2) is 24.3 Å². The summed E-state index contributed by atoms with van der Waals surface area (Å²) in [4.78, 5) is 0. The standard InChI is InChI=1S/C8H8ClF2N/c9-6-3-1-5(2-4-6)7(12)8(10)11/h1-4,7-8H,12H2/t7-/m0/s1. The van der Waals surface area contributed by atoms with Gasteiger partial charge in [-0.3, -0.25) is 0 Å². The summed E-state index contributed by atoms with van der Waals surface area (Å²) in [5, 5.41) is 0.514. The molecule has 0 aliphatic rings. The number of nitrogens with two attached hydrogens (primary N) is 1. The third-order valence-corrected chi connectivity index (χ3v) is 1.78. The van der Waals surface area contributed by atoms with Gasteiger partial charge in [0, 0.05) is 5.02 Å². The van der Waals surface area contributed by atoms with Crippen LogP contribution in [0.25, 0.3) is 0 Å². The maximum Gasteiger partial charge on any atom is 0.257 e. The van der Waals surface area contributed by atoms with Gasteiger partial charge in [0.25, 0.3) is 6.43 Å². The third kappa shape index (κ3) is 2.16. The van der Waals surface area contributed by atoms with Crippen molar-refractivity contribution in [3.63, 3.8) is 0 Å². The summed E-state index contributed by atoms with van der Waals surface area (Å²) in [6.45, 7) is 0. The highest BCUT2D eigenvalue weighted by Gasteiger charge is 2.16. The summed E-state index contributed by atoms with van der Waals surface area (Å²) in [5.41, 5.74) is 5.59. The molecule has 0 aliphatic carbocycles. The Morgan fingerprint density at radius 3 is 2.08 bits per heavy atom. The van der Waals surface area contributed by atoms with E-state index in [1.54, 1.807) is 12.1 Å². The van der Waals surface area contributed by atoms with Crippen LogP contribution < -0.4 is 5.73 Å². The molecule has 4 heteroatoms. The van der Waals surface area contributed by atoms with Gasteiger partial charge in [-0.05, 0) is 17.7 Å². The Morgan fingerprint density at radius 1 is 1.17 bits per heavy atom. The topological polar surface area (TPSA) is 26.0 Å². The van der Waals surface area contributed by atoms with E-state index >= 15 is 0 Å². The molecule has 0 spiro atoms. The molecule has 0 saturated heterocycles. The van der Waals surface area contributed by atoms with Crippen molar-refractivity contribution in [2.45, 2.75) is 12.5 Å². The lowest BCUT2D eigenvalue weighted by atomic mass is 10.1. The second kappa shape index (κ2) is 3.83. The zero-order valence-corrected chi connectivity index (χ0v) is 6.93. The van der Waals surface area contributed by atoms with Gasteiger partial charge in [0.2, 0.25) is 0 Å². The Kier molecular flexibility index (Phi) is 3.00.